The van der Waals surface area contributed by atoms with Crippen molar-refractivity contribution in [2.45, 2.75) is 56.8 Å². The minimum atomic E-state index is -1.07. The number of phenolic OH excluding ortho intramolecular Hbond substituents is 2. The van der Waals surface area contributed by atoms with Crippen molar-refractivity contribution in [1.29, 1.82) is 0 Å². The molecule has 5 rings (SSSR count). The molecule has 1 fully saturated rings. The first-order valence-corrected chi connectivity index (χ1v) is 11.3. The first kappa shape index (κ1) is 23.6. The number of nitrogens with two attached hydrogens (primary N) is 1. The van der Waals surface area contributed by atoms with E-state index in [0.717, 1.165) is 0 Å². The second kappa shape index (κ2) is 8.51. The molecule has 0 aromatic heterocycles. The van der Waals surface area contributed by atoms with Gasteiger partial charge in [-0.2, -0.15) is 0 Å². The fourth-order valence-corrected chi connectivity index (χ4v) is 5.21. The Kier molecular flexibility index (Phi) is 5.73. The van der Waals surface area contributed by atoms with Gasteiger partial charge < -0.3 is 35.6 Å². The summed E-state index contributed by atoms with van der Waals surface area (Å²) in [5.74, 6) is -2.84. The molecule has 0 amide bonds. The van der Waals surface area contributed by atoms with Gasteiger partial charge in [-0.25, -0.2) is 0 Å². The van der Waals surface area contributed by atoms with Crippen LogP contribution in [-0.2, 0) is 15.9 Å². The van der Waals surface area contributed by atoms with Crippen molar-refractivity contribution in [2.75, 3.05) is 6.61 Å². The third-order valence-electron chi connectivity index (χ3n) is 6.91. The number of rotatable bonds is 3. The molecule has 35 heavy (non-hydrogen) atoms. The number of aliphatic hydroxyl groups is 2. The summed E-state index contributed by atoms with van der Waals surface area (Å²) in [7, 11) is 0. The lowest BCUT2D eigenvalue weighted by Gasteiger charge is -2.37. The highest BCUT2D eigenvalue weighted by molar-refractivity contribution is 6.32. The number of hydrogen-bond acceptors (Lipinski definition) is 10. The smallest absolute Gasteiger partial charge is 0.199 e. The van der Waals surface area contributed by atoms with Crippen LogP contribution in [0.15, 0.2) is 18.2 Å². The van der Waals surface area contributed by atoms with E-state index in [-0.39, 0.29) is 64.8 Å². The Balaban J connectivity index is 1.64. The molecule has 10 nitrogen and oxygen atoms in total. The Labute approximate surface area is 199 Å². The number of hydrogen-bond donors (Lipinski definition) is 5. The summed E-state index contributed by atoms with van der Waals surface area (Å²) >= 11 is 0. The molecule has 1 heterocycles. The van der Waals surface area contributed by atoms with Crippen LogP contribution in [0.2, 0.25) is 0 Å². The van der Waals surface area contributed by atoms with Gasteiger partial charge in [-0.15, -0.1) is 0 Å². The third-order valence-corrected chi connectivity index (χ3v) is 6.91. The molecule has 0 bridgehead atoms. The third kappa shape index (κ3) is 3.65. The summed E-state index contributed by atoms with van der Waals surface area (Å²) in [5, 5.41) is 42.1. The van der Waals surface area contributed by atoms with Crippen molar-refractivity contribution in [3.05, 3.63) is 57.1 Å². The lowest BCUT2D eigenvalue weighted by molar-refractivity contribution is -0.236. The number of benzene rings is 2. The number of aliphatic hydroxyl groups excluding tert-OH is 2. The van der Waals surface area contributed by atoms with E-state index in [9.17, 15) is 34.8 Å². The maximum Gasteiger partial charge on any atom is 0.199 e. The summed E-state index contributed by atoms with van der Waals surface area (Å²) in [6.45, 7) is 1.12. The lowest BCUT2D eigenvalue weighted by atomic mass is 9.75. The van der Waals surface area contributed by atoms with Gasteiger partial charge in [0, 0.05) is 40.3 Å². The Morgan fingerprint density at radius 3 is 2.43 bits per heavy atom. The van der Waals surface area contributed by atoms with Gasteiger partial charge in [-0.3, -0.25) is 14.4 Å². The molecule has 3 aliphatic rings. The number of phenols is 2. The van der Waals surface area contributed by atoms with E-state index < -0.39 is 59.5 Å². The predicted octanol–water partition coefficient (Wildman–Crippen LogP) is 0.875. The molecule has 1 aliphatic heterocycles. The van der Waals surface area contributed by atoms with Crippen molar-refractivity contribution < 1.29 is 44.3 Å². The number of carbonyl (C=O) groups is 3. The van der Waals surface area contributed by atoms with Gasteiger partial charge in [-0.1, -0.05) is 18.2 Å². The molecule has 6 N–H and O–H groups in total. The quantitative estimate of drug-likeness (QED) is 0.265. The van der Waals surface area contributed by atoms with Crippen LogP contribution in [0.4, 0.5) is 0 Å². The summed E-state index contributed by atoms with van der Waals surface area (Å²) in [5.41, 5.74) is 5.67. The summed E-state index contributed by atoms with van der Waals surface area (Å²) in [6, 6.07) is 3.80. The molecule has 2 aromatic rings. The molecule has 10 heteroatoms. The Bertz CT molecular complexity index is 1270. The number of aromatic hydroxyl groups is 2. The van der Waals surface area contributed by atoms with Crippen molar-refractivity contribution in [2.24, 2.45) is 5.73 Å². The fourth-order valence-electron chi connectivity index (χ4n) is 5.21. The number of fused-ring (bicyclic) bond motifs is 3. The van der Waals surface area contributed by atoms with Crippen molar-refractivity contribution >= 4 is 17.3 Å². The SMILES string of the molecule is CC(=O)c1cccc2c1C(=O)c1c(O)c3c(c(O)c1C2=O)[C@@H](O[C@@H]1C[C@H](O)[C@H](O)CO1)C[C@@H](N)C3. The molecule has 2 aliphatic carbocycles. The highest BCUT2D eigenvalue weighted by Gasteiger charge is 2.43. The maximum atomic E-state index is 13.5. The van der Waals surface area contributed by atoms with E-state index >= 15 is 0 Å². The molecule has 5 atom stereocenters. The van der Waals surface area contributed by atoms with E-state index in [1.807, 2.05) is 0 Å². The largest absolute Gasteiger partial charge is 0.507 e. The Morgan fingerprint density at radius 1 is 1.03 bits per heavy atom. The van der Waals surface area contributed by atoms with Crippen molar-refractivity contribution in [3.63, 3.8) is 0 Å². The van der Waals surface area contributed by atoms with E-state index in [0.29, 0.717) is 0 Å². The Hall–Kier alpha value is -3.15. The average Bonchev–Trinajstić information content (AvgIpc) is 2.81. The second-order valence-electron chi connectivity index (χ2n) is 9.24. The molecule has 0 unspecified atom stereocenters. The zero-order valence-electron chi connectivity index (χ0n) is 18.9. The summed E-state index contributed by atoms with van der Waals surface area (Å²) < 4.78 is 11.4. The van der Waals surface area contributed by atoms with Gasteiger partial charge in [0.15, 0.2) is 23.6 Å². The minimum absolute atomic E-state index is 0.0292. The normalized spacial score (nSPS) is 27.7. The molecule has 2 aromatic carbocycles. The predicted molar refractivity (Wildman–Crippen MR) is 120 cm³/mol. The van der Waals surface area contributed by atoms with Gasteiger partial charge in [-0.05, 0) is 19.8 Å². The standard InChI is InChI=1S/C25H25NO9/c1-9(27)11-3-2-4-12-18(11)24(32)21-20(22(12)30)25(33)19-13(23(21)31)5-10(26)6-16(19)35-17-7-14(28)15(29)8-34-17/h2-4,10,14-17,28-29,31,33H,5-8,26H2,1H3/t10-,14-,15+,16-,17+/m0/s1. The molecule has 0 radical (unpaired) electrons. The highest BCUT2D eigenvalue weighted by Crippen LogP contribution is 2.49. The zero-order valence-corrected chi connectivity index (χ0v) is 18.9. The summed E-state index contributed by atoms with van der Waals surface area (Å²) in [6.07, 6.45) is -3.66. The number of Topliss-reactive ketones (excluding diaryl/α,β-unsaturated/α-hetero) is 1. The van der Waals surface area contributed by atoms with Crippen molar-refractivity contribution in [3.8, 4) is 11.5 Å². The minimum Gasteiger partial charge on any atom is -0.507 e. The second-order valence-corrected chi connectivity index (χ2v) is 9.24. The van der Waals surface area contributed by atoms with Gasteiger partial charge in [0.25, 0.3) is 0 Å². The van der Waals surface area contributed by atoms with Gasteiger partial charge in [0.2, 0.25) is 0 Å². The lowest BCUT2D eigenvalue weighted by Crippen LogP contribution is -2.43. The van der Waals surface area contributed by atoms with Crippen LogP contribution in [0.1, 0.15) is 79.2 Å². The van der Waals surface area contributed by atoms with E-state index in [4.69, 9.17) is 15.2 Å². The fraction of sp³-hybridized carbons (Fsp3) is 0.400. The molecule has 0 spiro atoms. The van der Waals surface area contributed by atoms with Crippen LogP contribution < -0.4 is 5.73 Å². The van der Waals surface area contributed by atoms with Gasteiger partial charge in [0.1, 0.15) is 17.6 Å². The maximum absolute atomic E-state index is 13.5. The first-order chi connectivity index (χ1) is 16.6. The van der Waals surface area contributed by atoms with Crippen LogP contribution >= 0.6 is 0 Å². The van der Waals surface area contributed by atoms with E-state index in [2.05, 4.69) is 0 Å². The zero-order chi connectivity index (χ0) is 25.2. The number of ketones is 3. The highest BCUT2D eigenvalue weighted by atomic mass is 16.7. The van der Waals surface area contributed by atoms with Crippen LogP contribution in [0.25, 0.3) is 0 Å². The molecule has 1 saturated heterocycles. The number of carbonyl (C=O) groups excluding carboxylic acids is 3. The summed E-state index contributed by atoms with van der Waals surface area (Å²) in [4.78, 5) is 39.0. The van der Waals surface area contributed by atoms with Crippen molar-refractivity contribution in [1.82, 2.24) is 0 Å². The van der Waals surface area contributed by atoms with Gasteiger partial charge >= 0.3 is 0 Å². The Morgan fingerprint density at radius 2 is 1.74 bits per heavy atom. The van der Waals surface area contributed by atoms with E-state index in [1.54, 1.807) is 0 Å². The van der Waals surface area contributed by atoms with Crippen LogP contribution in [-0.4, -0.2) is 68.9 Å². The molecule has 184 valence electrons. The topological polar surface area (TPSA) is 177 Å². The molecular formula is C25H25NO9. The first-order valence-electron chi connectivity index (χ1n) is 11.3. The van der Waals surface area contributed by atoms with Crippen LogP contribution in [0.3, 0.4) is 0 Å². The van der Waals surface area contributed by atoms with Gasteiger partial charge in [0.05, 0.1) is 29.9 Å². The number of ether oxygens (including phenoxy) is 2. The molecule has 0 saturated carbocycles. The molecular weight excluding hydrogens is 458 g/mol. The monoisotopic (exact) mass is 483 g/mol. The average molecular weight is 483 g/mol. The van der Waals surface area contributed by atoms with Crippen LogP contribution in [0, 0.1) is 0 Å². The van der Waals surface area contributed by atoms with Crippen LogP contribution in [0.5, 0.6) is 11.5 Å². The van der Waals surface area contributed by atoms with E-state index in [1.165, 1.54) is 25.1 Å².